The van der Waals surface area contributed by atoms with Crippen LogP contribution in [0.2, 0.25) is 0 Å². The number of aromatic nitrogens is 3. The Bertz CT molecular complexity index is 2060. The zero-order valence-electron chi connectivity index (χ0n) is 28.5. The van der Waals surface area contributed by atoms with E-state index in [-0.39, 0.29) is 64.1 Å². The molecule has 12 heteroatoms. The van der Waals surface area contributed by atoms with Crippen molar-refractivity contribution >= 4 is 27.5 Å². The molecule has 4 saturated heterocycles. The number of nitrogens with one attached hydrogen (secondary N) is 1. The highest BCUT2D eigenvalue weighted by molar-refractivity contribution is 6.03. The minimum atomic E-state index is -2.58. The Morgan fingerprint density at radius 3 is 2.96 bits per heavy atom. The molecule has 0 aliphatic carbocycles. The number of methoxy groups -OCH3 is 1. The van der Waals surface area contributed by atoms with Gasteiger partial charge in [-0.2, -0.15) is 9.97 Å². The van der Waals surface area contributed by atoms with Crippen molar-refractivity contribution in [1.29, 1.82) is 0 Å². The fraction of sp³-hybridized carbons (Fsp3) is 0.457. The number of phenolic OH excluding ortho intramolecular Hbond substituents is 1. The number of nitrogens with zero attached hydrogens (tertiary/aromatic N) is 5. The number of alkyl halides is 1. The molecule has 8 rings (SSSR count). The summed E-state index contributed by atoms with van der Waals surface area (Å²) in [5.74, 6) is 0.944. The van der Waals surface area contributed by atoms with Crippen LogP contribution in [0.4, 0.5) is 19.0 Å². The van der Waals surface area contributed by atoms with Gasteiger partial charge in [0.15, 0.2) is 5.82 Å². The van der Waals surface area contributed by atoms with E-state index in [0.29, 0.717) is 43.7 Å². The average Bonchev–Trinajstić information content (AvgIpc) is 3.71. The van der Waals surface area contributed by atoms with Gasteiger partial charge in [-0.05, 0) is 55.8 Å². The zero-order chi connectivity index (χ0) is 35.0. The lowest BCUT2D eigenvalue weighted by Gasteiger charge is -2.41. The monoisotopic (exact) mass is 647 g/mol. The maximum absolute atomic E-state index is 17.0. The van der Waals surface area contributed by atoms with Gasteiger partial charge in [-0.25, -0.2) is 13.2 Å². The lowest BCUT2D eigenvalue weighted by Crippen LogP contribution is -2.61. The molecule has 2 aromatic carbocycles. The van der Waals surface area contributed by atoms with Crippen molar-refractivity contribution in [2.24, 2.45) is 0 Å². The Morgan fingerprint density at radius 1 is 1.21 bits per heavy atom. The molecule has 244 valence electrons. The number of rotatable bonds is 7. The Hall–Kier alpha value is -4.18. The van der Waals surface area contributed by atoms with Crippen molar-refractivity contribution in [3.8, 4) is 35.4 Å². The van der Waals surface area contributed by atoms with Crippen molar-refractivity contribution in [2.45, 2.75) is 55.4 Å². The normalized spacial score (nSPS) is 28.3. The molecule has 4 aliphatic rings. The van der Waals surface area contributed by atoms with Crippen molar-refractivity contribution in [3.05, 3.63) is 47.7 Å². The minimum Gasteiger partial charge on any atom is -0.508 e. The molecule has 2 aromatic heterocycles. The molecule has 4 aromatic rings. The van der Waals surface area contributed by atoms with Crippen LogP contribution in [0.5, 0.6) is 11.8 Å². The van der Waals surface area contributed by atoms with E-state index in [9.17, 15) is 13.9 Å². The van der Waals surface area contributed by atoms with Crippen LogP contribution < -0.4 is 15.0 Å². The van der Waals surface area contributed by atoms with Crippen LogP contribution >= 0.6 is 0 Å². The second-order valence-corrected chi connectivity index (χ2v) is 13.4. The smallest absolute Gasteiger partial charge is 0.319 e. The maximum Gasteiger partial charge on any atom is 0.319 e. The molecule has 2 bridgehead atoms. The summed E-state index contributed by atoms with van der Waals surface area (Å²) in [7, 11) is -2.58. The number of halogens is 3. The van der Waals surface area contributed by atoms with Gasteiger partial charge in [0.1, 0.15) is 41.4 Å². The number of hydrogen-bond acceptors (Lipinski definition) is 9. The molecule has 0 saturated carbocycles. The molecule has 4 atom stereocenters. The van der Waals surface area contributed by atoms with Crippen molar-refractivity contribution < 1.29 is 31.9 Å². The molecule has 47 heavy (non-hydrogen) atoms. The first-order valence-electron chi connectivity index (χ1n) is 17.3. The van der Waals surface area contributed by atoms with E-state index < -0.39 is 35.9 Å². The summed E-state index contributed by atoms with van der Waals surface area (Å²) >= 11 is 0. The number of benzene rings is 2. The molecule has 4 aliphatic heterocycles. The molecule has 2 N–H and O–H groups in total. The lowest BCUT2D eigenvalue weighted by molar-refractivity contribution is 0.107. The molecular formula is C35H35F3N6O3. The van der Waals surface area contributed by atoms with Crippen LogP contribution in [0, 0.1) is 24.0 Å². The summed E-state index contributed by atoms with van der Waals surface area (Å²) in [5.41, 5.74) is -1.57. The fourth-order valence-corrected chi connectivity index (χ4v) is 8.36. The molecule has 9 nitrogen and oxygen atoms in total. The Balaban J connectivity index is 1.25. The van der Waals surface area contributed by atoms with Gasteiger partial charge in [0.25, 0.3) is 0 Å². The summed E-state index contributed by atoms with van der Waals surface area (Å²) in [5, 5.41) is 15.0. The predicted octanol–water partition coefficient (Wildman–Crippen LogP) is 4.72. The summed E-state index contributed by atoms with van der Waals surface area (Å²) in [6.07, 6.45) is 9.54. The zero-order valence-corrected chi connectivity index (χ0v) is 25.5. The first kappa shape index (κ1) is 26.8. The van der Waals surface area contributed by atoms with Gasteiger partial charge >= 0.3 is 6.01 Å². The van der Waals surface area contributed by atoms with Gasteiger partial charge in [-0.1, -0.05) is 12.0 Å². The van der Waals surface area contributed by atoms with E-state index in [1.807, 2.05) is 4.90 Å². The van der Waals surface area contributed by atoms with Crippen LogP contribution in [0.15, 0.2) is 30.5 Å². The number of pyridine rings is 1. The number of hydrogen-bond donors (Lipinski definition) is 2. The second-order valence-electron chi connectivity index (χ2n) is 13.4. The molecular weight excluding hydrogens is 609 g/mol. The summed E-state index contributed by atoms with van der Waals surface area (Å²) in [4.78, 5) is 17.8. The van der Waals surface area contributed by atoms with Gasteiger partial charge in [0.05, 0.1) is 32.7 Å². The maximum atomic E-state index is 17.0. The average molecular weight is 648 g/mol. The van der Waals surface area contributed by atoms with Crippen LogP contribution in [0.1, 0.15) is 41.8 Å². The number of anilines is 1. The van der Waals surface area contributed by atoms with E-state index in [0.717, 1.165) is 25.8 Å². The van der Waals surface area contributed by atoms with Crippen molar-refractivity contribution in [2.75, 3.05) is 51.3 Å². The number of ether oxygens (including phenoxy) is 2. The summed E-state index contributed by atoms with van der Waals surface area (Å²) in [6, 6.07) is 5.19. The Labute approximate surface area is 274 Å². The molecule has 2 unspecified atom stereocenters. The number of terminal acetylenes is 1. The van der Waals surface area contributed by atoms with Gasteiger partial charge < -0.3 is 24.8 Å². The Morgan fingerprint density at radius 2 is 2.11 bits per heavy atom. The minimum absolute atomic E-state index is 0.0166. The van der Waals surface area contributed by atoms with Crippen LogP contribution in [-0.2, 0) is 4.74 Å². The van der Waals surface area contributed by atoms with E-state index in [1.54, 1.807) is 0 Å². The number of phenols is 1. The van der Waals surface area contributed by atoms with E-state index >= 15 is 4.39 Å². The first-order chi connectivity index (χ1) is 23.9. The third-order valence-electron chi connectivity index (χ3n) is 10.4. The van der Waals surface area contributed by atoms with Gasteiger partial charge in [-0.15, -0.1) is 6.42 Å². The Kier molecular flexibility index (Phi) is 6.41. The van der Waals surface area contributed by atoms with Gasteiger partial charge in [-0.3, -0.25) is 9.88 Å². The number of aromatic hydroxyl groups is 1. The number of piperazine rings is 1. The molecule has 0 amide bonds. The standard InChI is InChI=1S/C35H35F3N6O3/c1-3-24-27(37)6-5-20-11-23(45)12-25(28(20)24)30-29(38)31-26(14-39-30)32(43-16-22-7-9-34(17-43,42-22)18-46-2)41-33(40-31)47-19-35-8-4-10-44(35)15-21(36)13-35/h1,5-6,11-12,14,21-22,42,45H,4,7-10,13,15-19H2,2H3/t21-,22?,34?,35+/m1/s1/i2D3. The van der Waals surface area contributed by atoms with Crippen LogP contribution in [0.3, 0.4) is 0 Å². The van der Waals surface area contributed by atoms with E-state index in [1.165, 1.54) is 30.5 Å². The summed E-state index contributed by atoms with van der Waals surface area (Å²) < 4.78 is 80.7. The third-order valence-corrected chi connectivity index (χ3v) is 10.4. The molecule has 6 heterocycles. The molecule has 0 radical (unpaired) electrons. The van der Waals surface area contributed by atoms with E-state index in [4.69, 9.17) is 25.0 Å². The van der Waals surface area contributed by atoms with Crippen LogP contribution in [-0.4, -0.2) is 94.7 Å². The molecule has 4 fully saturated rings. The topological polar surface area (TPSA) is 95.9 Å². The van der Waals surface area contributed by atoms with E-state index in [2.05, 4.69) is 26.1 Å². The largest absolute Gasteiger partial charge is 0.508 e. The molecule has 0 spiro atoms. The highest BCUT2D eigenvalue weighted by Crippen LogP contribution is 2.42. The first-order valence-corrected chi connectivity index (χ1v) is 15.8. The second kappa shape index (κ2) is 11.2. The lowest BCUT2D eigenvalue weighted by atomic mass is 9.95. The van der Waals surface area contributed by atoms with Crippen LogP contribution in [0.25, 0.3) is 32.9 Å². The highest BCUT2D eigenvalue weighted by Gasteiger charge is 2.50. The summed E-state index contributed by atoms with van der Waals surface area (Å²) in [6.45, 7) is 1.92. The van der Waals surface area contributed by atoms with Gasteiger partial charge in [0, 0.05) is 56.3 Å². The van der Waals surface area contributed by atoms with Gasteiger partial charge in [0.2, 0.25) is 0 Å². The number of fused-ring (bicyclic) bond motifs is 5. The predicted molar refractivity (Wildman–Crippen MR) is 171 cm³/mol. The van der Waals surface area contributed by atoms with Crippen molar-refractivity contribution in [3.63, 3.8) is 0 Å². The third kappa shape index (κ3) is 4.94. The highest BCUT2D eigenvalue weighted by atomic mass is 19.1. The fourth-order valence-electron chi connectivity index (χ4n) is 8.36. The quantitative estimate of drug-likeness (QED) is 0.277. The van der Waals surface area contributed by atoms with Crippen molar-refractivity contribution in [1.82, 2.24) is 25.2 Å². The SMILES string of the molecule is [2H]C([2H])([2H])OCC12CCC(CN(c3nc(OC[C@@]45CCCN4C[C@H](F)C5)nc4c(F)c(-c5cc(O)cc6ccc(F)c(C#C)c56)ncc34)C1)N2.